The van der Waals surface area contributed by atoms with Gasteiger partial charge in [-0.1, -0.05) is 36.4 Å². The zero-order valence-corrected chi connectivity index (χ0v) is 7.87. The second kappa shape index (κ2) is 2.74. The lowest BCUT2D eigenvalue weighted by Gasteiger charge is -2.20. The molecule has 0 saturated carbocycles. The van der Waals surface area contributed by atoms with E-state index in [2.05, 4.69) is 41.4 Å². The number of benzene rings is 1. The van der Waals surface area contributed by atoms with Crippen LogP contribution in [0.15, 0.2) is 35.3 Å². The number of hydrogen-bond acceptors (Lipinski definition) is 2. The summed E-state index contributed by atoms with van der Waals surface area (Å²) in [6.45, 7) is 0. The van der Waals surface area contributed by atoms with Gasteiger partial charge in [0.25, 0.3) is 0 Å². The van der Waals surface area contributed by atoms with Crippen LogP contribution in [0.2, 0.25) is 0 Å². The van der Waals surface area contributed by atoms with E-state index in [-0.39, 0.29) is 0 Å². The minimum Gasteiger partial charge on any atom is -0.277 e. The van der Waals surface area contributed by atoms with Crippen molar-refractivity contribution in [2.75, 3.05) is 0 Å². The van der Waals surface area contributed by atoms with Gasteiger partial charge in [-0.2, -0.15) is 0 Å². The molecule has 0 spiro atoms. The van der Waals surface area contributed by atoms with Crippen LogP contribution in [0.1, 0.15) is 17.2 Å². The second-order valence-electron chi connectivity index (χ2n) is 3.29. The van der Waals surface area contributed by atoms with Gasteiger partial charge < -0.3 is 0 Å². The molecule has 0 radical (unpaired) electrons. The quantitative estimate of drug-likeness (QED) is 0.608. The van der Waals surface area contributed by atoms with E-state index in [1.807, 2.05) is 17.3 Å². The summed E-state index contributed by atoms with van der Waals surface area (Å²) in [5.74, 6) is 0. The Morgan fingerprint density at radius 3 is 3.15 bits per heavy atom. The lowest BCUT2D eigenvalue weighted by atomic mass is 9.93. The molecule has 2 atom stereocenters. The van der Waals surface area contributed by atoms with Crippen molar-refractivity contribution in [1.29, 1.82) is 0 Å². The molecule has 2 heteroatoms. The molecule has 1 nitrogen and oxygen atoms in total. The molecular formula is C11H9NS. The van der Waals surface area contributed by atoms with Crippen molar-refractivity contribution in [3.05, 3.63) is 41.5 Å². The van der Waals surface area contributed by atoms with E-state index in [4.69, 9.17) is 0 Å². The Balaban J connectivity index is 2.17. The average molecular weight is 187 g/mol. The molecule has 1 aromatic rings. The summed E-state index contributed by atoms with van der Waals surface area (Å²) in [7, 11) is 0. The number of hydrogen-bond donors (Lipinski definition) is 0. The minimum absolute atomic E-state index is 0.367. The number of aliphatic imine (C=N–C) groups is 1. The third kappa shape index (κ3) is 1.05. The molecule has 2 unspecified atom stereocenters. The van der Waals surface area contributed by atoms with E-state index in [1.165, 1.54) is 11.1 Å². The van der Waals surface area contributed by atoms with Gasteiger partial charge in [0.1, 0.15) is 0 Å². The highest BCUT2D eigenvalue weighted by Crippen LogP contribution is 2.40. The maximum Gasteiger partial charge on any atom is 0.0918 e. The van der Waals surface area contributed by atoms with Gasteiger partial charge >= 0.3 is 0 Å². The van der Waals surface area contributed by atoms with Crippen LogP contribution in [0.4, 0.5) is 0 Å². The van der Waals surface area contributed by atoms with Gasteiger partial charge in [0.2, 0.25) is 0 Å². The first-order valence-electron chi connectivity index (χ1n) is 4.39. The SMILES string of the molecule is C1=CC2SC=NC2c2ccccc21. The van der Waals surface area contributed by atoms with Crippen LogP contribution in [0, 0.1) is 0 Å². The smallest absolute Gasteiger partial charge is 0.0918 e. The van der Waals surface area contributed by atoms with Gasteiger partial charge in [0.15, 0.2) is 0 Å². The van der Waals surface area contributed by atoms with Crippen molar-refractivity contribution < 1.29 is 0 Å². The number of thioether (sulfide) groups is 1. The number of nitrogens with zero attached hydrogens (tertiary/aromatic N) is 1. The molecule has 0 aromatic heterocycles. The van der Waals surface area contributed by atoms with Gasteiger partial charge in [0.05, 0.1) is 16.8 Å². The molecule has 13 heavy (non-hydrogen) atoms. The molecule has 1 aromatic carbocycles. The maximum atomic E-state index is 4.49. The fourth-order valence-corrected chi connectivity index (χ4v) is 2.75. The second-order valence-corrected chi connectivity index (χ2v) is 4.32. The van der Waals surface area contributed by atoms with Gasteiger partial charge in [0, 0.05) is 0 Å². The van der Waals surface area contributed by atoms with E-state index < -0.39 is 0 Å². The predicted octanol–water partition coefficient (Wildman–Crippen LogP) is 2.90. The molecule has 1 aliphatic carbocycles. The van der Waals surface area contributed by atoms with Gasteiger partial charge in [-0.05, 0) is 11.1 Å². The largest absolute Gasteiger partial charge is 0.277 e. The summed E-state index contributed by atoms with van der Waals surface area (Å²) >= 11 is 1.81. The number of fused-ring (bicyclic) bond motifs is 3. The zero-order valence-electron chi connectivity index (χ0n) is 7.05. The third-order valence-electron chi connectivity index (χ3n) is 2.53. The molecular weight excluding hydrogens is 178 g/mol. The molecule has 0 N–H and O–H groups in total. The van der Waals surface area contributed by atoms with Crippen LogP contribution in [0.3, 0.4) is 0 Å². The van der Waals surface area contributed by atoms with Crippen LogP contribution in [-0.4, -0.2) is 10.8 Å². The summed E-state index contributed by atoms with van der Waals surface area (Å²) in [6.07, 6.45) is 4.46. The first-order valence-corrected chi connectivity index (χ1v) is 5.34. The Labute approximate surface area is 81.6 Å². The van der Waals surface area contributed by atoms with E-state index in [9.17, 15) is 0 Å². The molecule has 64 valence electrons. The Morgan fingerprint density at radius 1 is 1.23 bits per heavy atom. The van der Waals surface area contributed by atoms with Gasteiger partial charge in [-0.25, -0.2) is 0 Å². The first-order chi connectivity index (χ1) is 6.45. The summed E-state index contributed by atoms with van der Waals surface area (Å²) in [5, 5.41) is 0.537. The molecule has 3 rings (SSSR count). The van der Waals surface area contributed by atoms with E-state index in [0.29, 0.717) is 11.3 Å². The molecule has 1 aliphatic heterocycles. The van der Waals surface area contributed by atoms with Crippen LogP contribution >= 0.6 is 11.8 Å². The highest BCUT2D eigenvalue weighted by Gasteiger charge is 2.28. The van der Waals surface area contributed by atoms with Gasteiger partial charge in [-0.15, -0.1) is 11.8 Å². The summed E-state index contributed by atoms with van der Waals surface area (Å²) in [5.41, 5.74) is 4.67. The fraction of sp³-hybridized carbons (Fsp3) is 0.182. The van der Waals surface area contributed by atoms with Crippen molar-refractivity contribution >= 4 is 23.4 Å². The van der Waals surface area contributed by atoms with Crippen LogP contribution in [0.5, 0.6) is 0 Å². The molecule has 0 saturated heterocycles. The van der Waals surface area contributed by atoms with Crippen molar-refractivity contribution in [2.24, 2.45) is 4.99 Å². The maximum absolute atomic E-state index is 4.49. The molecule has 0 bridgehead atoms. The third-order valence-corrected chi connectivity index (χ3v) is 3.50. The van der Waals surface area contributed by atoms with Crippen LogP contribution < -0.4 is 0 Å². The molecule has 1 heterocycles. The lowest BCUT2D eigenvalue weighted by Crippen LogP contribution is -2.11. The van der Waals surface area contributed by atoms with Crippen molar-refractivity contribution in [3.8, 4) is 0 Å². The topological polar surface area (TPSA) is 12.4 Å². The Hall–Kier alpha value is -1.02. The number of rotatable bonds is 0. The monoisotopic (exact) mass is 187 g/mol. The van der Waals surface area contributed by atoms with E-state index in [1.54, 1.807) is 0 Å². The molecule has 2 aliphatic rings. The Bertz CT molecular complexity index is 395. The minimum atomic E-state index is 0.367. The fourth-order valence-electron chi connectivity index (χ4n) is 1.87. The van der Waals surface area contributed by atoms with Gasteiger partial charge in [-0.3, -0.25) is 4.99 Å². The average Bonchev–Trinajstić information content (AvgIpc) is 2.65. The highest BCUT2D eigenvalue weighted by molar-refractivity contribution is 8.13. The van der Waals surface area contributed by atoms with E-state index in [0.717, 1.165) is 0 Å². The first kappa shape index (κ1) is 7.39. The van der Waals surface area contributed by atoms with Crippen LogP contribution in [0.25, 0.3) is 6.08 Å². The van der Waals surface area contributed by atoms with Crippen molar-refractivity contribution in [1.82, 2.24) is 0 Å². The van der Waals surface area contributed by atoms with Crippen molar-refractivity contribution in [2.45, 2.75) is 11.3 Å². The summed E-state index contributed by atoms with van der Waals surface area (Å²) in [6, 6.07) is 8.87. The van der Waals surface area contributed by atoms with Crippen molar-refractivity contribution in [3.63, 3.8) is 0 Å². The normalized spacial score (nSPS) is 28.6. The zero-order chi connectivity index (χ0) is 8.67. The Morgan fingerprint density at radius 2 is 2.15 bits per heavy atom. The van der Waals surface area contributed by atoms with E-state index >= 15 is 0 Å². The summed E-state index contributed by atoms with van der Waals surface area (Å²) < 4.78 is 0. The standard InChI is InChI=1S/C11H9NS/c1-2-4-9-8(3-1)5-6-10-11(9)12-7-13-10/h1-7,10-11H. The molecule has 0 fully saturated rings. The molecule has 0 amide bonds. The lowest BCUT2D eigenvalue weighted by molar-refractivity contribution is 0.767. The van der Waals surface area contributed by atoms with Crippen LogP contribution in [-0.2, 0) is 0 Å². The Kier molecular flexibility index (Phi) is 1.56. The predicted molar refractivity (Wildman–Crippen MR) is 58.1 cm³/mol. The summed E-state index contributed by atoms with van der Waals surface area (Å²) in [4.78, 5) is 4.49. The highest BCUT2D eigenvalue weighted by atomic mass is 32.2.